The van der Waals surface area contributed by atoms with E-state index in [0.29, 0.717) is 18.0 Å². The van der Waals surface area contributed by atoms with Crippen molar-refractivity contribution in [1.82, 2.24) is 0 Å². The van der Waals surface area contributed by atoms with Crippen LogP contribution in [0.15, 0.2) is 36.4 Å². The molecule has 0 unspecified atom stereocenters. The molecule has 8 nitrogen and oxygen atoms in total. The van der Waals surface area contributed by atoms with Gasteiger partial charge in [-0.25, -0.2) is 4.79 Å². The maximum Gasteiger partial charge on any atom is 0.338 e. The van der Waals surface area contributed by atoms with Gasteiger partial charge in [0.05, 0.1) is 24.7 Å². The summed E-state index contributed by atoms with van der Waals surface area (Å²) in [6.07, 6.45) is 0. The maximum atomic E-state index is 11.3. The van der Waals surface area contributed by atoms with E-state index in [2.05, 4.69) is 5.32 Å². The number of nitrogens with one attached hydrogen (secondary N) is 1. The predicted molar refractivity (Wildman–Crippen MR) is 86.9 cm³/mol. The number of non-ortho nitro benzene ring substituents is 1. The first-order chi connectivity index (χ1) is 11.4. The van der Waals surface area contributed by atoms with Gasteiger partial charge in [0.25, 0.3) is 5.69 Å². The first kappa shape index (κ1) is 17.1. The Morgan fingerprint density at radius 1 is 1.17 bits per heavy atom. The average molecular weight is 332 g/mol. The van der Waals surface area contributed by atoms with Gasteiger partial charge in [-0.3, -0.25) is 10.1 Å². The van der Waals surface area contributed by atoms with E-state index in [1.54, 1.807) is 18.2 Å². The van der Waals surface area contributed by atoms with Gasteiger partial charge in [-0.15, -0.1) is 0 Å². The number of hydrogen-bond donors (Lipinski definition) is 2. The minimum atomic E-state index is -1.25. The van der Waals surface area contributed by atoms with Gasteiger partial charge in [0, 0.05) is 30.4 Å². The molecule has 126 valence electrons. The Balaban J connectivity index is 2.26. The highest BCUT2D eigenvalue weighted by molar-refractivity contribution is 5.95. The Morgan fingerprint density at radius 3 is 2.29 bits per heavy atom. The van der Waals surface area contributed by atoms with Crippen LogP contribution in [-0.4, -0.2) is 30.2 Å². The molecular formula is C16H16N2O6. The minimum absolute atomic E-state index is 0.168. The third-order valence-corrected chi connectivity index (χ3v) is 3.34. The first-order valence-electron chi connectivity index (χ1n) is 6.92. The van der Waals surface area contributed by atoms with Crippen LogP contribution in [0.3, 0.4) is 0 Å². The zero-order chi connectivity index (χ0) is 17.7. The van der Waals surface area contributed by atoms with Crippen molar-refractivity contribution in [2.45, 2.75) is 6.54 Å². The molecule has 0 heterocycles. The number of hydrogen-bond acceptors (Lipinski definition) is 6. The Bertz CT molecular complexity index is 753. The molecule has 0 spiro atoms. The second-order valence-corrected chi connectivity index (χ2v) is 4.87. The molecule has 0 aliphatic carbocycles. The van der Waals surface area contributed by atoms with Crippen LogP contribution in [0, 0.1) is 10.1 Å². The highest BCUT2D eigenvalue weighted by Gasteiger charge is 2.16. The van der Waals surface area contributed by atoms with Gasteiger partial charge in [-0.05, 0) is 23.8 Å². The SMILES string of the molecule is COc1cc(CNc2ccc([N+](=O)[O-])cc2C(=O)O)cc(OC)c1. The summed E-state index contributed by atoms with van der Waals surface area (Å²) in [5.74, 6) is -0.0361. The number of carbonyl (C=O) groups is 1. The van der Waals surface area contributed by atoms with E-state index >= 15 is 0 Å². The van der Waals surface area contributed by atoms with E-state index in [9.17, 15) is 20.0 Å². The Morgan fingerprint density at radius 2 is 1.79 bits per heavy atom. The molecule has 2 rings (SSSR count). The lowest BCUT2D eigenvalue weighted by Gasteiger charge is -2.12. The van der Waals surface area contributed by atoms with E-state index in [0.717, 1.165) is 11.6 Å². The van der Waals surface area contributed by atoms with Crippen LogP contribution in [0.2, 0.25) is 0 Å². The molecule has 8 heteroatoms. The van der Waals surface area contributed by atoms with Gasteiger partial charge >= 0.3 is 5.97 Å². The molecule has 2 aromatic carbocycles. The number of ether oxygens (including phenoxy) is 2. The van der Waals surface area contributed by atoms with Crippen molar-refractivity contribution >= 4 is 17.3 Å². The largest absolute Gasteiger partial charge is 0.497 e. The van der Waals surface area contributed by atoms with Gasteiger partial charge in [-0.1, -0.05) is 0 Å². The predicted octanol–water partition coefficient (Wildman–Crippen LogP) is 2.92. The number of benzene rings is 2. The summed E-state index contributed by atoms with van der Waals surface area (Å²) in [5, 5.41) is 23.0. The van der Waals surface area contributed by atoms with Gasteiger partial charge in [0.15, 0.2) is 0 Å². The molecule has 0 bridgehead atoms. The molecule has 0 saturated carbocycles. The van der Waals surface area contributed by atoms with Crippen molar-refractivity contribution in [1.29, 1.82) is 0 Å². The monoisotopic (exact) mass is 332 g/mol. The molecule has 0 fully saturated rings. The Hall–Kier alpha value is -3.29. The van der Waals surface area contributed by atoms with Crippen molar-refractivity contribution in [2.75, 3.05) is 19.5 Å². The number of nitro groups is 1. The number of rotatable bonds is 7. The van der Waals surface area contributed by atoms with Gasteiger partial charge in [-0.2, -0.15) is 0 Å². The second-order valence-electron chi connectivity index (χ2n) is 4.87. The molecule has 2 N–H and O–H groups in total. The number of nitrogens with zero attached hydrogens (tertiary/aromatic N) is 1. The van der Waals surface area contributed by atoms with E-state index in [1.165, 1.54) is 26.4 Å². The van der Waals surface area contributed by atoms with Crippen molar-refractivity contribution in [3.05, 3.63) is 57.6 Å². The van der Waals surface area contributed by atoms with Crippen LogP contribution in [0.25, 0.3) is 0 Å². The summed E-state index contributed by atoms with van der Waals surface area (Å²) in [4.78, 5) is 21.4. The molecule has 0 atom stereocenters. The molecule has 2 aromatic rings. The van der Waals surface area contributed by atoms with Crippen LogP contribution in [0.1, 0.15) is 15.9 Å². The number of carboxylic acids is 1. The van der Waals surface area contributed by atoms with Gasteiger partial charge < -0.3 is 19.9 Å². The van der Waals surface area contributed by atoms with Gasteiger partial charge in [0.2, 0.25) is 0 Å². The second kappa shape index (κ2) is 7.32. The molecule has 0 aliphatic heterocycles. The number of anilines is 1. The fourth-order valence-corrected chi connectivity index (χ4v) is 2.14. The van der Waals surface area contributed by atoms with Crippen LogP contribution in [0.4, 0.5) is 11.4 Å². The summed E-state index contributed by atoms with van der Waals surface area (Å²) < 4.78 is 10.4. The van der Waals surface area contributed by atoms with Crippen LogP contribution >= 0.6 is 0 Å². The van der Waals surface area contributed by atoms with Crippen molar-refractivity contribution in [3.8, 4) is 11.5 Å². The zero-order valence-corrected chi connectivity index (χ0v) is 13.1. The van der Waals surface area contributed by atoms with Crippen molar-refractivity contribution in [3.63, 3.8) is 0 Å². The van der Waals surface area contributed by atoms with E-state index in [-0.39, 0.29) is 16.9 Å². The van der Waals surface area contributed by atoms with Crippen molar-refractivity contribution in [2.24, 2.45) is 0 Å². The normalized spacial score (nSPS) is 10.1. The zero-order valence-electron chi connectivity index (χ0n) is 13.1. The van der Waals surface area contributed by atoms with Crippen LogP contribution in [-0.2, 0) is 6.54 Å². The third-order valence-electron chi connectivity index (χ3n) is 3.34. The molecule has 0 amide bonds. The van der Waals surface area contributed by atoms with E-state index in [1.807, 2.05) is 0 Å². The number of aromatic carboxylic acids is 1. The summed E-state index contributed by atoms with van der Waals surface area (Å²) in [6.45, 7) is 0.297. The lowest BCUT2D eigenvalue weighted by molar-refractivity contribution is -0.384. The smallest absolute Gasteiger partial charge is 0.338 e. The van der Waals surface area contributed by atoms with Crippen LogP contribution < -0.4 is 14.8 Å². The lowest BCUT2D eigenvalue weighted by Crippen LogP contribution is -2.07. The molecule has 0 radical (unpaired) electrons. The first-order valence-corrected chi connectivity index (χ1v) is 6.92. The summed E-state index contributed by atoms with van der Waals surface area (Å²) in [5.41, 5.74) is 0.649. The standard InChI is InChI=1S/C16H16N2O6/c1-23-12-5-10(6-13(8-12)24-2)9-17-15-4-3-11(18(21)22)7-14(15)16(19)20/h3-8,17H,9H2,1-2H3,(H,19,20). The number of nitro benzene ring substituents is 1. The summed E-state index contributed by atoms with van der Waals surface area (Å²) in [7, 11) is 3.07. The van der Waals surface area contributed by atoms with Gasteiger partial charge in [0.1, 0.15) is 11.5 Å². The number of carboxylic acid groups (broad SMARTS) is 1. The molecule has 0 aromatic heterocycles. The fourth-order valence-electron chi connectivity index (χ4n) is 2.14. The topological polar surface area (TPSA) is 111 Å². The average Bonchev–Trinajstić information content (AvgIpc) is 2.59. The quantitative estimate of drug-likeness (QED) is 0.592. The van der Waals surface area contributed by atoms with Crippen LogP contribution in [0.5, 0.6) is 11.5 Å². The minimum Gasteiger partial charge on any atom is -0.497 e. The maximum absolute atomic E-state index is 11.3. The fraction of sp³-hybridized carbons (Fsp3) is 0.188. The highest BCUT2D eigenvalue weighted by atomic mass is 16.6. The molecule has 0 saturated heterocycles. The molecule has 0 aliphatic rings. The third kappa shape index (κ3) is 3.92. The van der Waals surface area contributed by atoms with E-state index in [4.69, 9.17) is 9.47 Å². The Labute approximate surface area is 137 Å². The summed E-state index contributed by atoms with van der Waals surface area (Å²) >= 11 is 0. The lowest BCUT2D eigenvalue weighted by atomic mass is 10.1. The molecule has 24 heavy (non-hydrogen) atoms. The Kier molecular flexibility index (Phi) is 5.20. The highest BCUT2D eigenvalue weighted by Crippen LogP contribution is 2.25. The summed E-state index contributed by atoms with van der Waals surface area (Å²) in [6, 6.07) is 8.93. The van der Waals surface area contributed by atoms with Crippen molar-refractivity contribution < 1.29 is 24.3 Å². The molecular weight excluding hydrogens is 316 g/mol. The number of methoxy groups -OCH3 is 2. The van der Waals surface area contributed by atoms with E-state index < -0.39 is 10.9 Å².